The van der Waals surface area contributed by atoms with Crippen molar-refractivity contribution in [2.24, 2.45) is 0 Å². The smallest absolute Gasteiger partial charge is 0.119 e. The lowest BCUT2D eigenvalue weighted by Gasteiger charge is -2.11. The third-order valence-electron chi connectivity index (χ3n) is 4.77. The van der Waals surface area contributed by atoms with Crippen LogP contribution >= 0.6 is 0 Å². The predicted octanol–water partition coefficient (Wildman–Crippen LogP) is 4.27. The van der Waals surface area contributed by atoms with Crippen molar-refractivity contribution in [2.45, 2.75) is 47.1 Å². The summed E-state index contributed by atoms with van der Waals surface area (Å²) in [6, 6.07) is 10.6. The van der Waals surface area contributed by atoms with Gasteiger partial charge in [-0.15, -0.1) is 0 Å². The summed E-state index contributed by atoms with van der Waals surface area (Å²) in [7, 11) is 0. The van der Waals surface area contributed by atoms with E-state index in [-0.39, 0.29) is 6.61 Å². The highest BCUT2D eigenvalue weighted by Gasteiger charge is 2.11. The van der Waals surface area contributed by atoms with E-state index in [9.17, 15) is 5.11 Å². The van der Waals surface area contributed by atoms with Crippen LogP contribution in [0.5, 0.6) is 5.75 Å². The molecule has 0 saturated carbocycles. The van der Waals surface area contributed by atoms with E-state index in [4.69, 9.17) is 9.72 Å². The van der Waals surface area contributed by atoms with Gasteiger partial charge in [-0.2, -0.15) is 0 Å². The van der Waals surface area contributed by atoms with Crippen molar-refractivity contribution in [3.8, 4) is 5.75 Å². The van der Waals surface area contributed by atoms with Crippen LogP contribution in [0.3, 0.4) is 0 Å². The van der Waals surface area contributed by atoms with Crippen molar-refractivity contribution < 1.29 is 9.84 Å². The highest BCUT2D eigenvalue weighted by atomic mass is 16.5. The molecular weight excluding hydrogens is 324 g/mol. The molecule has 1 aromatic heterocycles. The third kappa shape index (κ3) is 4.07. The van der Waals surface area contributed by atoms with Gasteiger partial charge in [-0.1, -0.05) is 6.07 Å². The van der Waals surface area contributed by atoms with Crippen LogP contribution in [-0.2, 0) is 13.0 Å². The Hall–Kier alpha value is -2.33. The van der Waals surface area contributed by atoms with Gasteiger partial charge in [0.05, 0.1) is 24.2 Å². The summed E-state index contributed by atoms with van der Waals surface area (Å²) >= 11 is 0. The molecule has 0 unspecified atom stereocenters. The number of aryl methyl sites for hydroxylation is 5. The third-order valence-corrected chi connectivity index (χ3v) is 4.77. The molecule has 0 fully saturated rings. The average Bonchev–Trinajstić information content (AvgIpc) is 2.88. The molecule has 4 nitrogen and oxygen atoms in total. The number of imidazole rings is 1. The zero-order chi connectivity index (χ0) is 18.7. The summed E-state index contributed by atoms with van der Waals surface area (Å²) in [4.78, 5) is 4.73. The number of aliphatic hydroxyl groups excluding tert-OH is 1. The Morgan fingerprint density at radius 1 is 0.962 bits per heavy atom. The van der Waals surface area contributed by atoms with Crippen LogP contribution in [0.15, 0.2) is 30.3 Å². The highest BCUT2D eigenvalue weighted by molar-refractivity contribution is 5.78. The van der Waals surface area contributed by atoms with Crippen molar-refractivity contribution in [2.75, 3.05) is 13.2 Å². The maximum absolute atomic E-state index is 9.37. The standard InChI is InChI=1S/C22H28N2O2/c1-15-10-16(2)12-19(11-15)26-9-5-7-24-21-14-18(4)17(3)13-20(21)23-22(24)6-8-25/h10-14,25H,5-9H2,1-4H3. The molecule has 26 heavy (non-hydrogen) atoms. The van der Waals surface area contributed by atoms with E-state index in [1.807, 2.05) is 0 Å². The number of hydrogen-bond acceptors (Lipinski definition) is 3. The lowest BCUT2D eigenvalue weighted by molar-refractivity contribution is 0.289. The molecular formula is C22H28N2O2. The van der Waals surface area contributed by atoms with E-state index in [0.29, 0.717) is 13.0 Å². The van der Waals surface area contributed by atoms with Gasteiger partial charge < -0.3 is 14.4 Å². The lowest BCUT2D eigenvalue weighted by Crippen LogP contribution is -2.09. The summed E-state index contributed by atoms with van der Waals surface area (Å²) in [6.45, 7) is 10.0. The molecule has 0 bridgehead atoms. The topological polar surface area (TPSA) is 47.3 Å². The van der Waals surface area contributed by atoms with Gasteiger partial charge in [-0.3, -0.25) is 0 Å². The van der Waals surface area contributed by atoms with Gasteiger partial charge in [0.25, 0.3) is 0 Å². The fraction of sp³-hybridized carbons (Fsp3) is 0.409. The molecule has 0 saturated heterocycles. The number of aliphatic hydroxyl groups is 1. The van der Waals surface area contributed by atoms with E-state index in [0.717, 1.165) is 35.6 Å². The van der Waals surface area contributed by atoms with E-state index >= 15 is 0 Å². The highest BCUT2D eigenvalue weighted by Crippen LogP contribution is 2.22. The minimum atomic E-state index is 0.111. The molecule has 0 aliphatic carbocycles. The Morgan fingerprint density at radius 2 is 1.65 bits per heavy atom. The molecule has 1 heterocycles. The van der Waals surface area contributed by atoms with Crippen LogP contribution in [0.2, 0.25) is 0 Å². The van der Waals surface area contributed by atoms with Gasteiger partial charge in [0.15, 0.2) is 0 Å². The number of benzene rings is 2. The second-order valence-electron chi connectivity index (χ2n) is 7.10. The number of fused-ring (bicyclic) bond motifs is 1. The lowest BCUT2D eigenvalue weighted by atomic mass is 10.1. The van der Waals surface area contributed by atoms with Crippen molar-refractivity contribution in [3.63, 3.8) is 0 Å². The summed E-state index contributed by atoms with van der Waals surface area (Å²) in [6.07, 6.45) is 1.47. The zero-order valence-corrected chi connectivity index (χ0v) is 16.2. The van der Waals surface area contributed by atoms with Gasteiger partial charge in [0, 0.05) is 13.0 Å². The molecule has 0 radical (unpaired) electrons. The first-order valence-electron chi connectivity index (χ1n) is 9.26. The number of nitrogens with zero attached hydrogens (tertiary/aromatic N) is 2. The second-order valence-corrected chi connectivity index (χ2v) is 7.10. The second kappa shape index (κ2) is 7.92. The van der Waals surface area contributed by atoms with Crippen LogP contribution in [0.4, 0.5) is 0 Å². The molecule has 2 aromatic carbocycles. The molecule has 1 N–H and O–H groups in total. The Bertz CT molecular complexity index is 892. The Balaban J connectivity index is 1.73. The van der Waals surface area contributed by atoms with E-state index < -0.39 is 0 Å². The fourth-order valence-electron chi connectivity index (χ4n) is 3.40. The van der Waals surface area contributed by atoms with Gasteiger partial charge in [0.2, 0.25) is 0 Å². The molecule has 4 heteroatoms. The molecule has 0 spiro atoms. The zero-order valence-electron chi connectivity index (χ0n) is 16.2. The normalized spacial score (nSPS) is 11.3. The number of ether oxygens (including phenoxy) is 1. The minimum Gasteiger partial charge on any atom is -0.494 e. The van der Waals surface area contributed by atoms with Crippen LogP contribution in [0.25, 0.3) is 11.0 Å². The molecule has 3 aromatic rings. The molecule has 0 aliphatic heterocycles. The SMILES string of the molecule is Cc1cc(C)cc(OCCCn2c(CCO)nc3cc(C)c(C)cc32)c1. The maximum Gasteiger partial charge on any atom is 0.119 e. The largest absolute Gasteiger partial charge is 0.494 e. The van der Waals surface area contributed by atoms with Gasteiger partial charge in [0.1, 0.15) is 11.6 Å². The molecule has 0 aliphatic rings. The van der Waals surface area contributed by atoms with Crippen molar-refractivity contribution in [1.29, 1.82) is 0 Å². The van der Waals surface area contributed by atoms with Crippen molar-refractivity contribution in [1.82, 2.24) is 9.55 Å². The molecule has 0 amide bonds. The van der Waals surface area contributed by atoms with Gasteiger partial charge in [-0.25, -0.2) is 4.98 Å². The van der Waals surface area contributed by atoms with E-state index in [1.165, 1.54) is 22.3 Å². The Kier molecular flexibility index (Phi) is 5.62. The quantitative estimate of drug-likeness (QED) is 0.646. The maximum atomic E-state index is 9.37. The van der Waals surface area contributed by atoms with E-state index in [2.05, 4.69) is 62.6 Å². The van der Waals surface area contributed by atoms with Crippen LogP contribution in [-0.4, -0.2) is 27.9 Å². The Morgan fingerprint density at radius 3 is 2.35 bits per heavy atom. The first kappa shape index (κ1) is 18.5. The van der Waals surface area contributed by atoms with Gasteiger partial charge >= 0.3 is 0 Å². The monoisotopic (exact) mass is 352 g/mol. The number of rotatable bonds is 7. The molecule has 0 atom stereocenters. The summed E-state index contributed by atoms with van der Waals surface area (Å²) in [5.74, 6) is 1.87. The van der Waals surface area contributed by atoms with Crippen LogP contribution < -0.4 is 4.74 Å². The number of aromatic nitrogens is 2. The molecule has 138 valence electrons. The first-order valence-corrected chi connectivity index (χ1v) is 9.26. The fourth-order valence-corrected chi connectivity index (χ4v) is 3.40. The van der Waals surface area contributed by atoms with Crippen molar-refractivity contribution >= 4 is 11.0 Å². The van der Waals surface area contributed by atoms with Gasteiger partial charge in [-0.05, 0) is 80.6 Å². The van der Waals surface area contributed by atoms with Crippen molar-refractivity contribution in [3.05, 3.63) is 58.4 Å². The minimum absolute atomic E-state index is 0.111. The molecule has 3 rings (SSSR count). The first-order chi connectivity index (χ1) is 12.5. The summed E-state index contributed by atoms with van der Waals surface area (Å²) < 4.78 is 8.16. The predicted molar refractivity (Wildman–Crippen MR) is 106 cm³/mol. The summed E-state index contributed by atoms with van der Waals surface area (Å²) in [5, 5.41) is 9.37. The van der Waals surface area contributed by atoms with Crippen LogP contribution in [0.1, 0.15) is 34.5 Å². The van der Waals surface area contributed by atoms with Crippen LogP contribution in [0, 0.1) is 27.7 Å². The Labute approximate surface area is 155 Å². The number of hydrogen-bond donors (Lipinski definition) is 1. The summed E-state index contributed by atoms with van der Waals surface area (Å²) in [5.41, 5.74) is 7.10. The average molecular weight is 352 g/mol. The van der Waals surface area contributed by atoms with E-state index in [1.54, 1.807) is 0 Å².